The van der Waals surface area contributed by atoms with E-state index in [-0.39, 0.29) is 18.1 Å². The van der Waals surface area contributed by atoms with Crippen LogP contribution >= 0.6 is 0 Å². The van der Waals surface area contributed by atoms with Crippen LogP contribution in [0.1, 0.15) is 32.8 Å². The van der Waals surface area contributed by atoms with Crippen LogP contribution in [0.15, 0.2) is 30.3 Å². The molecule has 2 atom stereocenters. The normalized spacial score (nSPS) is 16.3. The predicted molar refractivity (Wildman–Crippen MR) is 101 cm³/mol. The minimum atomic E-state index is -1.93. The first-order chi connectivity index (χ1) is 11.6. The first-order valence-corrected chi connectivity index (χ1v) is 11.6. The molecule has 0 spiro atoms. The monoisotopic (exact) mass is 368 g/mol. The second kappa shape index (κ2) is 9.05. The van der Waals surface area contributed by atoms with E-state index >= 15 is 0 Å². The van der Waals surface area contributed by atoms with Crippen molar-refractivity contribution in [3.05, 3.63) is 35.9 Å². The van der Waals surface area contributed by atoms with Crippen molar-refractivity contribution < 1.29 is 24.2 Å². The van der Waals surface area contributed by atoms with Crippen LogP contribution in [0, 0.1) is 0 Å². The number of ether oxygens (including phenoxy) is 1. The third-order valence-corrected chi connectivity index (χ3v) is 9.56. The van der Waals surface area contributed by atoms with E-state index in [2.05, 4.69) is 33.9 Å². The van der Waals surface area contributed by atoms with E-state index in [1.165, 1.54) is 0 Å². The topological polar surface area (TPSA) is 76.0 Å². The van der Waals surface area contributed by atoms with Crippen molar-refractivity contribution in [2.75, 3.05) is 13.2 Å². The van der Waals surface area contributed by atoms with Gasteiger partial charge < -0.3 is 19.4 Å². The first-order valence-electron chi connectivity index (χ1n) is 8.65. The van der Waals surface area contributed by atoms with Crippen molar-refractivity contribution in [2.45, 2.75) is 63.6 Å². The smallest absolute Gasteiger partial charge is 0.191 e. The van der Waals surface area contributed by atoms with Gasteiger partial charge in [0.05, 0.1) is 19.3 Å². The summed E-state index contributed by atoms with van der Waals surface area (Å²) in [6, 6.07) is 9.34. The zero-order valence-electron chi connectivity index (χ0n) is 16.0. The van der Waals surface area contributed by atoms with Crippen molar-refractivity contribution in [3.63, 3.8) is 0 Å². The predicted octanol–water partition coefficient (Wildman–Crippen LogP) is 2.91. The summed E-state index contributed by atoms with van der Waals surface area (Å²) in [5, 5.41) is 20.2. The molecular weight excluding hydrogens is 336 g/mol. The van der Waals surface area contributed by atoms with Crippen LogP contribution in [0.3, 0.4) is 0 Å². The molecule has 5 nitrogen and oxygen atoms in total. The van der Waals surface area contributed by atoms with E-state index in [4.69, 9.17) is 9.16 Å². The Morgan fingerprint density at radius 1 is 1.20 bits per heavy atom. The summed E-state index contributed by atoms with van der Waals surface area (Å²) in [5.41, 5.74) is -0.765. The van der Waals surface area contributed by atoms with Crippen LogP contribution < -0.4 is 0 Å². The Kier molecular flexibility index (Phi) is 7.96. The number of carbonyl (C=O) groups is 1. The molecule has 1 rings (SSSR count). The van der Waals surface area contributed by atoms with Gasteiger partial charge >= 0.3 is 0 Å². The third kappa shape index (κ3) is 6.01. The maximum absolute atomic E-state index is 11.6. The number of aliphatic hydroxyl groups is 2. The number of carbonyl (C=O) groups excluding carboxylic acids is 1. The van der Waals surface area contributed by atoms with E-state index in [1.807, 2.05) is 30.3 Å². The molecule has 1 aromatic carbocycles. The number of aldehydes is 1. The lowest BCUT2D eigenvalue weighted by molar-refractivity contribution is -0.166. The second-order valence-electron chi connectivity index (χ2n) is 7.92. The van der Waals surface area contributed by atoms with Gasteiger partial charge in [-0.3, -0.25) is 4.79 Å². The molecular formula is C19H32O5Si. The molecule has 2 N–H and O–H groups in total. The van der Waals surface area contributed by atoms with Gasteiger partial charge in [-0.05, 0) is 30.1 Å². The van der Waals surface area contributed by atoms with Gasteiger partial charge in [-0.15, -0.1) is 0 Å². The highest BCUT2D eigenvalue weighted by Gasteiger charge is 2.40. The lowest BCUT2D eigenvalue weighted by atomic mass is 9.96. The average molecular weight is 369 g/mol. The first kappa shape index (κ1) is 22.0. The molecule has 0 heterocycles. The molecule has 0 aliphatic rings. The third-order valence-electron chi connectivity index (χ3n) is 5.02. The lowest BCUT2D eigenvalue weighted by Crippen LogP contribution is -2.51. The van der Waals surface area contributed by atoms with Gasteiger partial charge in [0.25, 0.3) is 0 Å². The van der Waals surface area contributed by atoms with Crippen molar-refractivity contribution >= 4 is 14.6 Å². The Hall–Kier alpha value is -1.05. The zero-order chi connectivity index (χ0) is 19.1. The molecule has 142 valence electrons. The summed E-state index contributed by atoms with van der Waals surface area (Å²) in [7, 11) is -1.93. The van der Waals surface area contributed by atoms with Crippen molar-refractivity contribution in [3.8, 4) is 0 Å². The van der Waals surface area contributed by atoms with Gasteiger partial charge in [0.15, 0.2) is 20.2 Å². The van der Waals surface area contributed by atoms with E-state index < -0.39 is 26.6 Å². The molecule has 0 unspecified atom stereocenters. The fourth-order valence-electron chi connectivity index (χ4n) is 2.08. The van der Waals surface area contributed by atoms with Crippen LogP contribution in [0.4, 0.5) is 0 Å². The standard InChI is InChI=1S/C19H32O5Si/c1-18(2,3)25(4,5)24-12-11-17(22)19(14-20,15-21)23-13-16-9-7-6-8-10-16/h6-10,14,17,21-22H,11-13,15H2,1-5H3/t17-,19+/m1/s1. The molecule has 0 aliphatic heterocycles. The molecule has 0 saturated heterocycles. The van der Waals surface area contributed by atoms with Crippen molar-refractivity contribution in [1.29, 1.82) is 0 Å². The van der Waals surface area contributed by atoms with E-state index in [9.17, 15) is 15.0 Å². The van der Waals surface area contributed by atoms with Crippen LogP contribution in [-0.2, 0) is 20.6 Å². The molecule has 0 amide bonds. The van der Waals surface area contributed by atoms with Crippen LogP contribution in [-0.4, -0.2) is 49.7 Å². The summed E-state index contributed by atoms with van der Waals surface area (Å²) < 4.78 is 11.7. The molecule has 0 aliphatic carbocycles. The van der Waals surface area contributed by atoms with Crippen LogP contribution in [0.2, 0.25) is 18.1 Å². The lowest BCUT2D eigenvalue weighted by Gasteiger charge is -2.37. The largest absolute Gasteiger partial charge is 0.417 e. The summed E-state index contributed by atoms with van der Waals surface area (Å²) in [4.78, 5) is 11.6. The minimum Gasteiger partial charge on any atom is -0.417 e. The van der Waals surface area contributed by atoms with Gasteiger partial charge in [0.1, 0.15) is 0 Å². The highest BCUT2D eigenvalue weighted by atomic mass is 28.4. The van der Waals surface area contributed by atoms with Gasteiger partial charge in [-0.2, -0.15) is 0 Å². The molecule has 0 bridgehead atoms. The Morgan fingerprint density at radius 2 is 1.80 bits per heavy atom. The second-order valence-corrected chi connectivity index (χ2v) is 12.7. The molecule has 0 saturated carbocycles. The Bertz CT molecular complexity index is 526. The Balaban J connectivity index is 2.66. The Labute approximate surface area is 152 Å². The van der Waals surface area contributed by atoms with Crippen LogP contribution in [0.5, 0.6) is 0 Å². The molecule has 0 radical (unpaired) electrons. The molecule has 6 heteroatoms. The maximum Gasteiger partial charge on any atom is 0.191 e. The fraction of sp³-hybridized carbons (Fsp3) is 0.632. The zero-order valence-corrected chi connectivity index (χ0v) is 17.0. The molecule has 0 fully saturated rings. The molecule has 25 heavy (non-hydrogen) atoms. The van der Waals surface area contributed by atoms with Crippen LogP contribution in [0.25, 0.3) is 0 Å². The fourth-order valence-corrected chi connectivity index (χ4v) is 3.14. The molecule has 1 aromatic rings. The summed E-state index contributed by atoms with van der Waals surface area (Å²) in [6.45, 7) is 10.6. The van der Waals surface area contributed by atoms with Gasteiger partial charge in [-0.25, -0.2) is 0 Å². The highest BCUT2D eigenvalue weighted by molar-refractivity contribution is 6.74. The van der Waals surface area contributed by atoms with E-state index in [0.29, 0.717) is 12.9 Å². The number of benzene rings is 1. The number of rotatable bonds is 10. The minimum absolute atomic E-state index is 0.0699. The number of hydrogen-bond donors (Lipinski definition) is 2. The van der Waals surface area contributed by atoms with Gasteiger partial charge in [-0.1, -0.05) is 51.1 Å². The van der Waals surface area contributed by atoms with Gasteiger partial charge in [0.2, 0.25) is 0 Å². The van der Waals surface area contributed by atoms with Crippen molar-refractivity contribution in [2.24, 2.45) is 0 Å². The summed E-state index contributed by atoms with van der Waals surface area (Å²) >= 11 is 0. The average Bonchev–Trinajstić information content (AvgIpc) is 2.56. The summed E-state index contributed by atoms with van der Waals surface area (Å²) in [5.74, 6) is 0. The maximum atomic E-state index is 11.6. The number of hydrogen-bond acceptors (Lipinski definition) is 5. The Morgan fingerprint density at radius 3 is 2.28 bits per heavy atom. The van der Waals surface area contributed by atoms with E-state index in [0.717, 1.165) is 5.56 Å². The van der Waals surface area contributed by atoms with E-state index in [1.54, 1.807) is 0 Å². The SMILES string of the molecule is CC(C)(C)[Si](C)(C)OCC[C@@H](O)[C@](C=O)(CO)OCc1ccccc1. The van der Waals surface area contributed by atoms with Gasteiger partial charge in [0, 0.05) is 6.61 Å². The quantitative estimate of drug-likeness (QED) is 0.490. The highest BCUT2D eigenvalue weighted by Crippen LogP contribution is 2.36. The summed E-state index contributed by atoms with van der Waals surface area (Å²) in [6.07, 6.45) is -0.420. The van der Waals surface area contributed by atoms with Crippen molar-refractivity contribution in [1.82, 2.24) is 0 Å². The molecule has 0 aromatic heterocycles. The number of aliphatic hydroxyl groups excluding tert-OH is 2.